The highest BCUT2D eigenvalue weighted by Crippen LogP contribution is 2.26. The van der Waals surface area contributed by atoms with Crippen LogP contribution < -0.4 is 22.1 Å². The standard InChI is InChI=1S/C21H24N8O/c22-17-6-1-2-7-18(17)28-21-26-11-16(19(23)30)20(29-21)27-15-5-3-4-13(8-15)14-9-24-12-25-10-14/h3-5,8-12,17-18H,1-2,6-7,22H2,(H2,23,30)(H2,26,27,28,29)/t17-,18+/m0/s1. The van der Waals surface area contributed by atoms with E-state index in [-0.39, 0.29) is 17.6 Å². The van der Waals surface area contributed by atoms with Crippen LogP contribution in [0, 0.1) is 0 Å². The second-order valence-electron chi connectivity index (χ2n) is 7.35. The van der Waals surface area contributed by atoms with E-state index in [0.717, 1.165) is 42.5 Å². The summed E-state index contributed by atoms with van der Waals surface area (Å²) in [5.74, 6) is 0.148. The Labute approximate surface area is 174 Å². The Morgan fingerprint density at radius 1 is 1.07 bits per heavy atom. The van der Waals surface area contributed by atoms with Gasteiger partial charge in [0.25, 0.3) is 5.91 Å². The lowest BCUT2D eigenvalue weighted by molar-refractivity contribution is 0.100. The van der Waals surface area contributed by atoms with Crippen molar-refractivity contribution >= 4 is 23.4 Å². The number of hydrogen-bond acceptors (Lipinski definition) is 8. The number of amides is 1. The molecule has 9 heteroatoms. The lowest BCUT2D eigenvalue weighted by atomic mass is 9.91. The molecule has 0 spiro atoms. The third kappa shape index (κ3) is 4.52. The number of primary amides is 1. The Hall–Kier alpha value is -3.59. The van der Waals surface area contributed by atoms with Crippen molar-refractivity contribution in [1.29, 1.82) is 0 Å². The second kappa shape index (κ2) is 8.83. The van der Waals surface area contributed by atoms with Crippen LogP contribution in [-0.2, 0) is 0 Å². The molecule has 2 atom stereocenters. The van der Waals surface area contributed by atoms with Gasteiger partial charge in [-0.25, -0.2) is 15.0 Å². The number of nitrogens with zero attached hydrogens (tertiary/aromatic N) is 4. The van der Waals surface area contributed by atoms with Crippen molar-refractivity contribution in [1.82, 2.24) is 19.9 Å². The number of anilines is 3. The predicted molar refractivity (Wildman–Crippen MR) is 115 cm³/mol. The van der Waals surface area contributed by atoms with E-state index in [4.69, 9.17) is 11.5 Å². The quantitative estimate of drug-likeness (QED) is 0.490. The molecule has 1 aliphatic carbocycles. The molecule has 2 aromatic heterocycles. The molecule has 3 aromatic rings. The number of hydrogen-bond donors (Lipinski definition) is 4. The molecule has 9 nitrogen and oxygen atoms in total. The van der Waals surface area contributed by atoms with Crippen molar-refractivity contribution in [3.8, 4) is 11.1 Å². The molecule has 1 fully saturated rings. The molecule has 1 saturated carbocycles. The van der Waals surface area contributed by atoms with Gasteiger partial charge in [0.1, 0.15) is 17.7 Å². The minimum Gasteiger partial charge on any atom is -0.365 e. The number of aromatic nitrogens is 4. The Bertz CT molecular complexity index is 1030. The van der Waals surface area contributed by atoms with Crippen LogP contribution in [0.5, 0.6) is 0 Å². The molecule has 154 valence electrons. The third-order valence-electron chi connectivity index (χ3n) is 5.21. The molecule has 2 heterocycles. The van der Waals surface area contributed by atoms with Crippen LogP contribution in [0.15, 0.2) is 49.2 Å². The van der Waals surface area contributed by atoms with Crippen molar-refractivity contribution in [3.05, 3.63) is 54.7 Å². The molecule has 0 saturated heterocycles. The monoisotopic (exact) mass is 404 g/mol. The fraction of sp³-hybridized carbons (Fsp3) is 0.286. The molecule has 0 bridgehead atoms. The van der Waals surface area contributed by atoms with Gasteiger partial charge in [0.2, 0.25) is 5.95 Å². The maximum absolute atomic E-state index is 11.9. The summed E-state index contributed by atoms with van der Waals surface area (Å²) in [5, 5.41) is 6.49. The summed E-state index contributed by atoms with van der Waals surface area (Å²) in [6.07, 6.45) is 10.6. The summed E-state index contributed by atoms with van der Waals surface area (Å²) in [4.78, 5) is 28.8. The lowest BCUT2D eigenvalue weighted by Gasteiger charge is -2.29. The molecule has 1 amide bonds. The zero-order valence-electron chi connectivity index (χ0n) is 16.5. The molecule has 0 radical (unpaired) electrons. The molecular formula is C21H24N8O. The lowest BCUT2D eigenvalue weighted by Crippen LogP contribution is -2.43. The molecule has 4 rings (SSSR count). The molecule has 0 aliphatic heterocycles. The Morgan fingerprint density at radius 2 is 1.87 bits per heavy atom. The van der Waals surface area contributed by atoms with E-state index in [1.807, 2.05) is 24.3 Å². The van der Waals surface area contributed by atoms with Gasteiger partial charge in [-0.15, -0.1) is 0 Å². The van der Waals surface area contributed by atoms with E-state index in [2.05, 4.69) is 30.6 Å². The minimum atomic E-state index is -0.606. The van der Waals surface area contributed by atoms with Gasteiger partial charge in [-0.1, -0.05) is 25.0 Å². The summed E-state index contributed by atoms with van der Waals surface area (Å²) in [6, 6.07) is 7.82. The number of carbonyl (C=O) groups is 1. The average Bonchev–Trinajstić information content (AvgIpc) is 2.76. The highest BCUT2D eigenvalue weighted by molar-refractivity contribution is 5.98. The maximum Gasteiger partial charge on any atom is 0.254 e. The SMILES string of the molecule is NC(=O)c1cnc(N[C@@H]2CCCC[C@@H]2N)nc1Nc1cccc(-c2cncnc2)c1. The van der Waals surface area contributed by atoms with Crippen LogP contribution in [0.1, 0.15) is 36.0 Å². The van der Waals surface area contributed by atoms with Gasteiger partial charge >= 0.3 is 0 Å². The van der Waals surface area contributed by atoms with Crippen LogP contribution >= 0.6 is 0 Å². The molecule has 6 N–H and O–H groups in total. The van der Waals surface area contributed by atoms with Gasteiger partial charge in [0.15, 0.2) is 0 Å². The number of nitrogens with two attached hydrogens (primary N) is 2. The topological polar surface area (TPSA) is 145 Å². The highest BCUT2D eigenvalue weighted by atomic mass is 16.1. The third-order valence-corrected chi connectivity index (χ3v) is 5.21. The molecule has 1 aromatic carbocycles. The number of carbonyl (C=O) groups excluding carboxylic acids is 1. The fourth-order valence-electron chi connectivity index (χ4n) is 3.59. The van der Waals surface area contributed by atoms with Gasteiger partial charge in [0.05, 0.1) is 0 Å². The Balaban J connectivity index is 1.60. The van der Waals surface area contributed by atoms with Crippen LogP contribution in [0.2, 0.25) is 0 Å². The van der Waals surface area contributed by atoms with Crippen LogP contribution in [0.4, 0.5) is 17.5 Å². The second-order valence-corrected chi connectivity index (χ2v) is 7.35. The van der Waals surface area contributed by atoms with E-state index < -0.39 is 5.91 Å². The smallest absolute Gasteiger partial charge is 0.254 e. The Morgan fingerprint density at radius 3 is 2.63 bits per heavy atom. The number of rotatable bonds is 6. The summed E-state index contributed by atoms with van der Waals surface area (Å²) in [6.45, 7) is 0. The maximum atomic E-state index is 11.9. The molecule has 30 heavy (non-hydrogen) atoms. The van der Waals surface area contributed by atoms with E-state index in [9.17, 15) is 4.79 Å². The summed E-state index contributed by atoms with van der Waals surface area (Å²) in [7, 11) is 0. The first-order valence-electron chi connectivity index (χ1n) is 9.91. The van der Waals surface area contributed by atoms with Crippen molar-refractivity contribution in [3.63, 3.8) is 0 Å². The van der Waals surface area contributed by atoms with Gasteiger partial charge in [-0.2, -0.15) is 4.98 Å². The van der Waals surface area contributed by atoms with Gasteiger partial charge < -0.3 is 22.1 Å². The van der Waals surface area contributed by atoms with Gasteiger partial charge in [-0.05, 0) is 30.5 Å². The van der Waals surface area contributed by atoms with E-state index in [1.54, 1.807) is 12.4 Å². The number of benzene rings is 1. The first-order chi connectivity index (χ1) is 14.6. The van der Waals surface area contributed by atoms with Crippen LogP contribution in [0.25, 0.3) is 11.1 Å². The van der Waals surface area contributed by atoms with Gasteiger partial charge in [0, 0.05) is 41.9 Å². The van der Waals surface area contributed by atoms with E-state index in [0.29, 0.717) is 11.8 Å². The Kier molecular flexibility index (Phi) is 5.80. The zero-order chi connectivity index (χ0) is 20.9. The van der Waals surface area contributed by atoms with E-state index in [1.165, 1.54) is 12.5 Å². The van der Waals surface area contributed by atoms with Gasteiger partial charge in [-0.3, -0.25) is 4.79 Å². The van der Waals surface area contributed by atoms with Crippen LogP contribution in [0.3, 0.4) is 0 Å². The van der Waals surface area contributed by atoms with Crippen molar-refractivity contribution in [2.24, 2.45) is 11.5 Å². The zero-order valence-corrected chi connectivity index (χ0v) is 16.5. The highest BCUT2D eigenvalue weighted by Gasteiger charge is 2.23. The first-order valence-corrected chi connectivity index (χ1v) is 9.91. The van der Waals surface area contributed by atoms with Crippen LogP contribution in [-0.4, -0.2) is 37.9 Å². The number of nitrogens with one attached hydrogen (secondary N) is 2. The van der Waals surface area contributed by atoms with E-state index >= 15 is 0 Å². The summed E-state index contributed by atoms with van der Waals surface area (Å²) < 4.78 is 0. The summed E-state index contributed by atoms with van der Waals surface area (Å²) in [5.41, 5.74) is 14.5. The molecule has 1 aliphatic rings. The van der Waals surface area contributed by atoms with Crippen molar-refractivity contribution in [2.45, 2.75) is 37.8 Å². The van der Waals surface area contributed by atoms with Crippen molar-refractivity contribution < 1.29 is 4.79 Å². The first kappa shape index (κ1) is 19.7. The minimum absolute atomic E-state index is 0.0550. The largest absolute Gasteiger partial charge is 0.365 e. The molecule has 0 unspecified atom stereocenters. The van der Waals surface area contributed by atoms with Crippen molar-refractivity contribution in [2.75, 3.05) is 10.6 Å². The fourth-order valence-corrected chi connectivity index (χ4v) is 3.59. The summed E-state index contributed by atoms with van der Waals surface area (Å²) >= 11 is 0. The normalized spacial score (nSPS) is 18.6. The predicted octanol–water partition coefficient (Wildman–Crippen LogP) is 2.46. The average molecular weight is 404 g/mol. The molecular weight excluding hydrogens is 380 g/mol.